The van der Waals surface area contributed by atoms with Gasteiger partial charge in [-0.15, -0.1) is 0 Å². The molecule has 0 fully saturated rings. The average Bonchev–Trinajstić information content (AvgIpc) is 2.95. The van der Waals surface area contributed by atoms with Gasteiger partial charge in [0.1, 0.15) is 6.33 Å². The number of amides is 1. The lowest BCUT2D eigenvalue weighted by atomic mass is 10.2. The van der Waals surface area contributed by atoms with Crippen molar-refractivity contribution in [3.8, 4) is 5.88 Å². The summed E-state index contributed by atoms with van der Waals surface area (Å²) >= 11 is 0. The maximum Gasteiger partial charge on any atom is 0.346 e. The molecule has 0 aliphatic heterocycles. The quantitative estimate of drug-likeness (QED) is 0.738. The lowest BCUT2D eigenvalue weighted by molar-refractivity contribution is -0.114. The van der Waals surface area contributed by atoms with E-state index in [1.54, 1.807) is 37.3 Å². The number of rotatable bonds is 3. The lowest BCUT2D eigenvalue weighted by Crippen LogP contribution is -2.16. The van der Waals surface area contributed by atoms with Crippen molar-refractivity contribution in [2.75, 3.05) is 5.32 Å². The number of nitrogens with zero attached hydrogens (tertiary/aromatic N) is 4. The molecule has 0 unspecified atom stereocenters. The van der Waals surface area contributed by atoms with E-state index in [9.17, 15) is 9.59 Å². The van der Waals surface area contributed by atoms with Gasteiger partial charge in [-0.2, -0.15) is 14.6 Å². The first kappa shape index (κ1) is 14.6. The molecule has 0 saturated carbocycles. The van der Waals surface area contributed by atoms with Crippen LogP contribution in [0.25, 0.3) is 5.78 Å². The highest BCUT2D eigenvalue weighted by Gasteiger charge is 2.17. The van der Waals surface area contributed by atoms with Gasteiger partial charge in [-0.25, -0.2) is 9.78 Å². The van der Waals surface area contributed by atoms with E-state index in [0.29, 0.717) is 17.2 Å². The standard InChI is InChI=1S/C15H13N5O3/c1-9-7-13(20-15(18-9)16-8-17-20)23-14(22)11-5-3-4-6-12(11)19-10(2)21/h3-8H,1-2H3,(H,19,21). The van der Waals surface area contributed by atoms with Gasteiger partial charge in [0.15, 0.2) is 0 Å². The predicted molar refractivity (Wildman–Crippen MR) is 81.2 cm³/mol. The van der Waals surface area contributed by atoms with E-state index in [1.807, 2.05) is 0 Å². The second-order valence-corrected chi connectivity index (χ2v) is 4.82. The third-order valence-corrected chi connectivity index (χ3v) is 3.00. The molecule has 2 aromatic heterocycles. The van der Waals surface area contributed by atoms with Crippen molar-refractivity contribution >= 4 is 23.3 Å². The van der Waals surface area contributed by atoms with E-state index < -0.39 is 5.97 Å². The average molecular weight is 311 g/mol. The van der Waals surface area contributed by atoms with Gasteiger partial charge in [0.2, 0.25) is 11.8 Å². The third-order valence-electron chi connectivity index (χ3n) is 3.00. The number of carbonyl (C=O) groups is 2. The van der Waals surface area contributed by atoms with E-state index in [4.69, 9.17) is 4.74 Å². The summed E-state index contributed by atoms with van der Waals surface area (Å²) in [6, 6.07) is 8.18. The summed E-state index contributed by atoms with van der Waals surface area (Å²) < 4.78 is 6.73. The maximum atomic E-state index is 12.4. The minimum Gasteiger partial charge on any atom is -0.404 e. The minimum atomic E-state index is -0.614. The zero-order chi connectivity index (χ0) is 16.4. The second kappa shape index (κ2) is 5.84. The molecule has 1 amide bonds. The fraction of sp³-hybridized carbons (Fsp3) is 0.133. The van der Waals surface area contributed by atoms with Crippen molar-refractivity contribution in [3.05, 3.63) is 47.9 Å². The zero-order valence-corrected chi connectivity index (χ0v) is 12.5. The van der Waals surface area contributed by atoms with Crippen molar-refractivity contribution in [2.24, 2.45) is 0 Å². The Balaban J connectivity index is 1.95. The third kappa shape index (κ3) is 3.00. The number of aromatic nitrogens is 4. The first-order valence-electron chi connectivity index (χ1n) is 6.81. The van der Waals surface area contributed by atoms with Gasteiger partial charge < -0.3 is 10.1 Å². The molecule has 2 heterocycles. The van der Waals surface area contributed by atoms with Crippen LogP contribution in [0, 0.1) is 6.92 Å². The number of para-hydroxylation sites is 1. The van der Waals surface area contributed by atoms with E-state index in [-0.39, 0.29) is 17.4 Å². The van der Waals surface area contributed by atoms with Gasteiger partial charge >= 0.3 is 5.97 Å². The molecule has 0 atom stereocenters. The summed E-state index contributed by atoms with van der Waals surface area (Å²) in [6.07, 6.45) is 1.32. The number of ether oxygens (including phenoxy) is 1. The zero-order valence-electron chi connectivity index (χ0n) is 12.5. The highest BCUT2D eigenvalue weighted by Crippen LogP contribution is 2.19. The smallest absolute Gasteiger partial charge is 0.346 e. The Morgan fingerprint density at radius 3 is 2.83 bits per heavy atom. The Labute approximate surface area is 131 Å². The molecule has 0 radical (unpaired) electrons. The largest absolute Gasteiger partial charge is 0.404 e. The van der Waals surface area contributed by atoms with Crippen LogP contribution >= 0.6 is 0 Å². The summed E-state index contributed by atoms with van der Waals surface area (Å²) in [5, 5.41) is 6.57. The van der Waals surface area contributed by atoms with Gasteiger partial charge in [-0.3, -0.25) is 4.79 Å². The van der Waals surface area contributed by atoms with Gasteiger partial charge in [0.25, 0.3) is 5.78 Å². The fourth-order valence-corrected chi connectivity index (χ4v) is 2.08. The van der Waals surface area contributed by atoms with Crippen LogP contribution < -0.4 is 10.1 Å². The maximum absolute atomic E-state index is 12.4. The Bertz CT molecular complexity index is 903. The van der Waals surface area contributed by atoms with Crippen molar-refractivity contribution < 1.29 is 14.3 Å². The monoisotopic (exact) mass is 311 g/mol. The van der Waals surface area contributed by atoms with Crippen LogP contribution in [0.2, 0.25) is 0 Å². The van der Waals surface area contributed by atoms with Gasteiger partial charge in [-0.1, -0.05) is 12.1 Å². The SMILES string of the molecule is CC(=O)Nc1ccccc1C(=O)Oc1cc(C)nc2ncnn12. The molecule has 8 nitrogen and oxygen atoms in total. The number of hydrogen-bond donors (Lipinski definition) is 1. The van der Waals surface area contributed by atoms with Gasteiger partial charge in [0.05, 0.1) is 11.3 Å². The summed E-state index contributed by atoms with van der Waals surface area (Å²) in [5.74, 6) is -0.351. The first-order chi connectivity index (χ1) is 11.0. The Kier molecular flexibility index (Phi) is 3.71. The van der Waals surface area contributed by atoms with Crippen molar-refractivity contribution in [1.29, 1.82) is 0 Å². The molecular formula is C15H13N5O3. The highest BCUT2D eigenvalue weighted by molar-refractivity contribution is 6.01. The van der Waals surface area contributed by atoms with E-state index in [1.165, 1.54) is 17.8 Å². The molecule has 23 heavy (non-hydrogen) atoms. The summed E-state index contributed by atoms with van der Waals surface area (Å²) in [6.45, 7) is 3.13. The number of esters is 1. The van der Waals surface area contributed by atoms with Crippen LogP contribution in [0.1, 0.15) is 23.0 Å². The van der Waals surface area contributed by atoms with Crippen LogP contribution in [-0.2, 0) is 4.79 Å². The van der Waals surface area contributed by atoms with Crippen LogP contribution in [-0.4, -0.2) is 31.5 Å². The Hall–Kier alpha value is -3.29. The number of carbonyl (C=O) groups excluding carboxylic acids is 2. The van der Waals surface area contributed by atoms with Crippen LogP contribution in [0.3, 0.4) is 0 Å². The number of anilines is 1. The molecule has 0 aliphatic rings. The molecule has 3 aromatic rings. The molecule has 1 N–H and O–H groups in total. The lowest BCUT2D eigenvalue weighted by Gasteiger charge is -2.10. The van der Waals surface area contributed by atoms with Gasteiger partial charge in [-0.05, 0) is 19.1 Å². The molecule has 0 aliphatic carbocycles. The number of fused-ring (bicyclic) bond motifs is 1. The number of aryl methyl sites for hydroxylation is 1. The van der Waals surface area contributed by atoms with Crippen molar-refractivity contribution in [2.45, 2.75) is 13.8 Å². The number of hydrogen-bond acceptors (Lipinski definition) is 6. The van der Waals surface area contributed by atoms with Crippen LogP contribution in [0.4, 0.5) is 5.69 Å². The van der Waals surface area contributed by atoms with E-state index in [0.717, 1.165) is 0 Å². The summed E-state index contributed by atoms with van der Waals surface area (Å²) in [4.78, 5) is 31.8. The molecule has 0 spiro atoms. The normalized spacial score (nSPS) is 10.5. The van der Waals surface area contributed by atoms with E-state index in [2.05, 4.69) is 20.4 Å². The minimum absolute atomic E-state index is 0.202. The molecule has 3 rings (SSSR count). The highest BCUT2D eigenvalue weighted by atomic mass is 16.5. The summed E-state index contributed by atoms with van der Waals surface area (Å²) in [7, 11) is 0. The number of benzene rings is 1. The van der Waals surface area contributed by atoms with Crippen LogP contribution in [0.15, 0.2) is 36.7 Å². The molecule has 1 aromatic carbocycles. The summed E-state index contributed by atoms with van der Waals surface area (Å²) in [5.41, 5.74) is 1.26. The molecule has 116 valence electrons. The first-order valence-corrected chi connectivity index (χ1v) is 6.81. The topological polar surface area (TPSA) is 98.5 Å². The van der Waals surface area contributed by atoms with Gasteiger partial charge in [0, 0.05) is 18.7 Å². The molecule has 0 bridgehead atoms. The van der Waals surface area contributed by atoms with Crippen LogP contribution in [0.5, 0.6) is 5.88 Å². The predicted octanol–water partition coefficient (Wildman–Crippen LogP) is 1.61. The van der Waals surface area contributed by atoms with Crippen molar-refractivity contribution in [3.63, 3.8) is 0 Å². The van der Waals surface area contributed by atoms with Crippen molar-refractivity contribution in [1.82, 2.24) is 19.6 Å². The second-order valence-electron chi connectivity index (χ2n) is 4.82. The molecular weight excluding hydrogens is 298 g/mol. The Morgan fingerprint density at radius 2 is 2.04 bits per heavy atom. The fourth-order valence-electron chi connectivity index (χ4n) is 2.08. The molecule has 0 saturated heterocycles. The van der Waals surface area contributed by atoms with E-state index >= 15 is 0 Å². The Morgan fingerprint density at radius 1 is 1.26 bits per heavy atom. The molecule has 8 heteroatoms. The number of nitrogens with one attached hydrogen (secondary N) is 1.